The molecule has 0 aromatic heterocycles. The molecule has 0 saturated carbocycles. The molecule has 0 aromatic carbocycles. The molecule has 1 aliphatic rings. The maximum Gasteiger partial charge on any atom is 0.119 e. The van der Waals surface area contributed by atoms with Gasteiger partial charge in [0, 0.05) is 12.8 Å². The summed E-state index contributed by atoms with van der Waals surface area (Å²) in [6.07, 6.45) is 2.44. The van der Waals surface area contributed by atoms with Crippen LogP contribution in [0, 0.1) is 0 Å². The van der Waals surface area contributed by atoms with E-state index < -0.39 is 0 Å². The van der Waals surface area contributed by atoms with Crippen molar-refractivity contribution in [3.63, 3.8) is 0 Å². The summed E-state index contributed by atoms with van der Waals surface area (Å²) in [5, 5.41) is 4.07. The predicted octanol–water partition coefficient (Wildman–Crippen LogP) is 0.865. The lowest BCUT2D eigenvalue weighted by Crippen LogP contribution is -2.08. The third-order valence-electron chi connectivity index (χ3n) is 0.718. The number of carbonyl (C=O) groups excluding carboxylic acids is 1. The third-order valence-corrected chi connectivity index (χ3v) is 0.718. The van der Waals surface area contributed by atoms with Gasteiger partial charge in [-0.3, -0.25) is 0 Å². The molecule has 1 fully saturated rings. The smallest absolute Gasteiger partial charge is 0.119 e. The van der Waals surface area contributed by atoms with Crippen LogP contribution in [0.5, 0.6) is 0 Å². The van der Waals surface area contributed by atoms with Gasteiger partial charge in [0.05, 0.1) is 13.2 Å². The highest BCUT2D eigenvalue weighted by Gasteiger charge is 1.96. The molecular formula is C6H12O4. The number of hydrogen-bond acceptors (Lipinski definition) is 4. The summed E-state index contributed by atoms with van der Waals surface area (Å²) in [4.78, 5) is 17.9. The van der Waals surface area contributed by atoms with Crippen molar-refractivity contribution in [1.29, 1.82) is 0 Å². The minimum Gasteiger partial charge on any atom is -0.303 e. The Kier molecular flexibility index (Phi) is 8.17. The molecule has 0 atom stereocenters. The lowest BCUT2D eigenvalue weighted by Gasteiger charge is -2.06. The van der Waals surface area contributed by atoms with Crippen molar-refractivity contribution in [3.05, 3.63) is 0 Å². The largest absolute Gasteiger partial charge is 0.303 e. The van der Waals surface area contributed by atoms with Gasteiger partial charge in [0.15, 0.2) is 0 Å². The zero-order valence-electron chi connectivity index (χ0n) is 6.04. The highest BCUT2D eigenvalue weighted by Crippen LogP contribution is 1.93. The van der Waals surface area contributed by atoms with Gasteiger partial charge in [0.25, 0.3) is 0 Å². The summed E-state index contributed by atoms with van der Waals surface area (Å²) < 4.78 is 0. The van der Waals surface area contributed by atoms with Gasteiger partial charge in [-0.2, -0.15) is 0 Å². The van der Waals surface area contributed by atoms with E-state index in [0.29, 0.717) is 19.6 Å². The van der Waals surface area contributed by atoms with E-state index in [9.17, 15) is 4.79 Å². The molecule has 4 heteroatoms. The van der Waals surface area contributed by atoms with E-state index in [1.54, 1.807) is 0 Å². The second-order valence-electron chi connectivity index (χ2n) is 1.64. The summed E-state index contributed by atoms with van der Waals surface area (Å²) in [6.45, 7) is 3.12. The van der Waals surface area contributed by atoms with Crippen molar-refractivity contribution in [1.82, 2.24) is 0 Å². The molecule has 0 radical (unpaired) electrons. The van der Waals surface area contributed by atoms with E-state index in [2.05, 4.69) is 14.8 Å². The highest BCUT2D eigenvalue weighted by atomic mass is 17.5. The molecule has 0 bridgehead atoms. The Balaban J connectivity index is 0.000000180. The number of hydrogen-bond donors (Lipinski definition) is 0. The van der Waals surface area contributed by atoms with Crippen LogP contribution in [0.3, 0.4) is 0 Å². The molecule has 0 amide bonds. The summed E-state index contributed by atoms with van der Waals surface area (Å²) in [5.74, 6) is 0. The monoisotopic (exact) mass is 148 g/mol. The standard InChI is InChI=1S/C3H6O3.C3H6O/c1-2-4-6-5-3-1;1-2-3-4/h1-3H2;3H,2H2,1H3. The van der Waals surface area contributed by atoms with Gasteiger partial charge in [0.2, 0.25) is 0 Å². The minimum absolute atomic E-state index is 0.639. The summed E-state index contributed by atoms with van der Waals surface area (Å²) in [6, 6.07) is 0. The van der Waals surface area contributed by atoms with Gasteiger partial charge in [-0.05, 0) is 0 Å². The average molecular weight is 148 g/mol. The fourth-order valence-electron chi connectivity index (χ4n) is 0.279. The van der Waals surface area contributed by atoms with Crippen molar-refractivity contribution >= 4 is 6.29 Å². The fraction of sp³-hybridized carbons (Fsp3) is 0.833. The molecule has 1 saturated heterocycles. The quantitative estimate of drug-likeness (QED) is 0.408. The maximum absolute atomic E-state index is 9.17. The zero-order chi connectivity index (χ0) is 7.66. The molecule has 1 aliphatic heterocycles. The third kappa shape index (κ3) is 7.55. The van der Waals surface area contributed by atoms with Gasteiger partial charge in [-0.25, -0.2) is 9.78 Å². The van der Waals surface area contributed by atoms with Gasteiger partial charge >= 0.3 is 0 Å². The molecule has 0 aliphatic carbocycles. The number of rotatable bonds is 1. The molecule has 10 heavy (non-hydrogen) atoms. The second-order valence-corrected chi connectivity index (χ2v) is 1.64. The van der Waals surface area contributed by atoms with Crippen molar-refractivity contribution in [3.8, 4) is 0 Å². The van der Waals surface area contributed by atoms with E-state index in [-0.39, 0.29) is 0 Å². The van der Waals surface area contributed by atoms with Crippen LogP contribution in [0.15, 0.2) is 0 Å². The number of aldehydes is 1. The van der Waals surface area contributed by atoms with E-state index >= 15 is 0 Å². The van der Waals surface area contributed by atoms with Gasteiger partial charge in [0.1, 0.15) is 6.29 Å². The molecule has 1 heterocycles. The molecule has 0 unspecified atom stereocenters. The molecule has 0 spiro atoms. The molecule has 1 rings (SSSR count). The summed E-state index contributed by atoms with van der Waals surface area (Å²) in [5.41, 5.74) is 0. The van der Waals surface area contributed by atoms with E-state index in [1.165, 1.54) is 0 Å². The van der Waals surface area contributed by atoms with Crippen LogP contribution in [0.1, 0.15) is 19.8 Å². The SMILES string of the molecule is C1COOOC1.CCC=O. The fourth-order valence-corrected chi connectivity index (χ4v) is 0.279. The lowest BCUT2D eigenvalue weighted by molar-refractivity contribution is -0.532. The molecule has 60 valence electrons. The molecule has 4 nitrogen and oxygen atoms in total. The van der Waals surface area contributed by atoms with Gasteiger partial charge < -0.3 is 4.79 Å². The van der Waals surface area contributed by atoms with E-state index in [4.69, 9.17) is 0 Å². The van der Waals surface area contributed by atoms with Crippen LogP contribution >= 0.6 is 0 Å². The Hall–Kier alpha value is -0.450. The van der Waals surface area contributed by atoms with Crippen LogP contribution in [0.4, 0.5) is 0 Å². The summed E-state index contributed by atoms with van der Waals surface area (Å²) >= 11 is 0. The Morgan fingerprint density at radius 3 is 2.00 bits per heavy atom. The molecular weight excluding hydrogens is 136 g/mol. The minimum atomic E-state index is 0.639. The predicted molar refractivity (Wildman–Crippen MR) is 34.0 cm³/mol. The van der Waals surface area contributed by atoms with Crippen LogP contribution < -0.4 is 0 Å². The van der Waals surface area contributed by atoms with Gasteiger partial charge in [-0.1, -0.05) is 12.0 Å². The molecule has 0 aromatic rings. The topological polar surface area (TPSA) is 44.8 Å². The van der Waals surface area contributed by atoms with Crippen LogP contribution in [-0.2, 0) is 19.6 Å². The Bertz CT molecular complexity index is 58.6. The first-order chi connectivity index (χ1) is 4.91. The van der Waals surface area contributed by atoms with E-state index in [1.807, 2.05) is 6.92 Å². The van der Waals surface area contributed by atoms with Crippen LogP contribution in [0.25, 0.3) is 0 Å². The van der Waals surface area contributed by atoms with Crippen molar-refractivity contribution in [2.75, 3.05) is 13.2 Å². The van der Waals surface area contributed by atoms with Gasteiger partial charge in [-0.15, -0.1) is 0 Å². The first-order valence-corrected chi connectivity index (χ1v) is 3.26. The Morgan fingerprint density at radius 1 is 1.40 bits per heavy atom. The lowest BCUT2D eigenvalue weighted by atomic mass is 10.5. The average Bonchev–Trinajstić information content (AvgIpc) is 2.08. The van der Waals surface area contributed by atoms with Crippen LogP contribution in [0.2, 0.25) is 0 Å². The first kappa shape index (κ1) is 9.55. The normalized spacial score (nSPS) is 16.9. The van der Waals surface area contributed by atoms with Crippen LogP contribution in [-0.4, -0.2) is 19.5 Å². The van der Waals surface area contributed by atoms with Crippen molar-refractivity contribution < 1.29 is 19.6 Å². The zero-order valence-corrected chi connectivity index (χ0v) is 6.04. The molecule has 0 N–H and O–H groups in total. The second kappa shape index (κ2) is 8.55. The Labute approximate surface area is 59.9 Å². The van der Waals surface area contributed by atoms with E-state index in [0.717, 1.165) is 12.7 Å². The maximum atomic E-state index is 9.17. The Morgan fingerprint density at radius 2 is 1.90 bits per heavy atom. The number of carbonyl (C=O) groups is 1. The summed E-state index contributed by atoms with van der Waals surface area (Å²) in [7, 11) is 0. The highest BCUT2D eigenvalue weighted by molar-refractivity contribution is 5.48. The van der Waals surface area contributed by atoms with Crippen molar-refractivity contribution in [2.45, 2.75) is 19.8 Å². The first-order valence-electron chi connectivity index (χ1n) is 3.26. The van der Waals surface area contributed by atoms with Crippen molar-refractivity contribution in [2.24, 2.45) is 0 Å².